The lowest BCUT2D eigenvalue weighted by Gasteiger charge is -2.34. The Morgan fingerprint density at radius 2 is 1.84 bits per heavy atom. The van der Waals surface area contributed by atoms with Crippen LogP contribution in [0.25, 0.3) is 38.5 Å². The zero-order chi connectivity index (χ0) is 26.0. The van der Waals surface area contributed by atoms with Gasteiger partial charge in [0.05, 0.1) is 29.6 Å². The van der Waals surface area contributed by atoms with E-state index in [4.69, 9.17) is 14.8 Å². The molecule has 0 unspecified atom stereocenters. The molecule has 0 amide bonds. The smallest absolute Gasteiger partial charge is 0.213 e. The number of rotatable bonds is 5. The first-order chi connectivity index (χ1) is 18.5. The summed E-state index contributed by atoms with van der Waals surface area (Å²) >= 11 is 1.47. The molecule has 1 saturated heterocycles. The number of anilines is 1. The highest BCUT2D eigenvalue weighted by Crippen LogP contribution is 2.39. The molecule has 0 N–H and O–H groups in total. The number of hydrogen-bond donors (Lipinski definition) is 0. The van der Waals surface area contributed by atoms with Crippen molar-refractivity contribution < 1.29 is 9.13 Å². The van der Waals surface area contributed by atoms with Gasteiger partial charge in [0.15, 0.2) is 5.82 Å². The molecule has 194 valence electrons. The van der Waals surface area contributed by atoms with Crippen LogP contribution in [0.4, 0.5) is 10.1 Å². The Morgan fingerprint density at radius 1 is 1.08 bits per heavy atom. The maximum atomic E-state index is 15.4. The predicted octanol–water partition coefficient (Wildman–Crippen LogP) is 4.67. The van der Waals surface area contributed by atoms with E-state index in [1.807, 2.05) is 41.9 Å². The highest BCUT2D eigenvalue weighted by atomic mass is 32.1. The van der Waals surface area contributed by atoms with E-state index in [0.29, 0.717) is 33.5 Å². The lowest BCUT2D eigenvalue weighted by atomic mass is 10.1. The molecule has 0 radical (unpaired) electrons. The van der Waals surface area contributed by atoms with Gasteiger partial charge >= 0.3 is 0 Å². The van der Waals surface area contributed by atoms with Gasteiger partial charge in [-0.15, -0.1) is 16.4 Å². The number of methoxy groups -OCH3 is 1. The number of thiazole rings is 1. The van der Waals surface area contributed by atoms with Crippen LogP contribution in [-0.4, -0.2) is 64.4 Å². The number of benzene rings is 2. The molecule has 3 aromatic heterocycles. The molecule has 2 fully saturated rings. The third kappa shape index (κ3) is 3.86. The third-order valence-electron chi connectivity index (χ3n) is 7.59. The summed E-state index contributed by atoms with van der Waals surface area (Å²) in [5, 5.41) is 7.11. The first kappa shape index (κ1) is 23.4. The molecule has 2 aromatic carbocycles. The van der Waals surface area contributed by atoms with Crippen molar-refractivity contribution in [2.24, 2.45) is 0 Å². The highest BCUT2D eigenvalue weighted by molar-refractivity contribution is 7.15. The second-order valence-electron chi connectivity index (χ2n) is 10.1. The Balaban J connectivity index is 1.34. The van der Waals surface area contributed by atoms with Crippen molar-refractivity contribution in [2.45, 2.75) is 18.9 Å². The standard InChI is InChI=1S/C28H27FN6O2S/c1-32-9-11-33(12-10-32)24-14-23-20(13-22(24)29)26(36)21(15-34(23)18-5-6-18)27-30-28-35(31-27)25(16-38-28)17-3-7-19(37-2)8-4-17/h3-4,7-8,13-16,18H,5-6,9-12H2,1-2H3. The van der Waals surface area contributed by atoms with Gasteiger partial charge in [-0.2, -0.15) is 4.98 Å². The van der Waals surface area contributed by atoms with Crippen molar-refractivity contribution in [3.05, 3.63) is 64.0 Å². The number of pyridine rings is 1. The molecule has 7 rings (SSSR count). The summed E-state index contributed by atoms with van der Waals surface area (Å²) in [4.78, 5) is 23.4. The van der Waals surface area contributed by atoms with E-state index in [-0.39, 0.29) is 11.2 Å². The monoisotopic (exact) mass is 530 g/mol. The van der Waals surface area contributed by atoms with Gasteiger partial charge in [-0.05, 0) is 56.3 Å². The molecule has 4 heterocycles. The minimum absolute atomic E-state index is 0.245. The number of fused-ring (bicyclic) bond motifs is 2. The van der Waals surface area contributed by atoms with E-state index in [1.165, 1.54) is 17.4 Å². The van der Waals surface area contributed by atoms with Gasteiger partial charge in [0.25, 0.3) is 0 Å². The van der Waals surface area contributed by atoms with Gasteiger partial charge in [0.2, 0.25) is 10.4 Å². The number of aromatic nitrogens is 4. The van der Waals surface area contributed by atoms with Crippen LogP contribution in [-0.2, 0) is 0 Å². The van der Waals surface area contributed by atoms with Crippen molar-refractivity contribution >= 4 is 32.9 Å². The summed E-state index contributed by atoms with van der Waals surface area (Å²) in [6.45, 7) is 3.29. The van der Waals surface area contributed by atoms with Crippen molar-refractivity contribution in [1.82, 2.24) is 24.1 Å². The molecular weight excluding hydrogens is 503 g/mol. The fraction of sp³-hybridized carbons (Fsp3) is 0.321. The molecule has 38 heavy (non-hydrogen) atoms. The van der Waals surface area contributed by atoms with Crippen molar-refractivity contribution in [3.63, 3.8) is 0 Å². The molecule has 10 heteroatoms. The number of ether oxygens (including phenoxy) is 1. The van der Waals surface area contributed by atoms with E-state index in [0.717, 1.165) is 61.5 Å². The maximum absolute atomic E-state index is 15.4. The van der Waals surface area contributed by atoms with E-state index < -0.39 is 0 Å². The van der Waals surface area contributed by atoms with E-state index in [2.05, 4.69) is 21.4 Å². The van der Waals surface area contributed by atoms with Gasteiger partial charge in [-0.25, -0.2) is 8.91 Å². The summed E-state index contributed by atoms with van der Waals surface area (Å²) in [5.74, 6) is 0.773. The molecule has 1 aliphatic heterocycles. The van der Waals surface area contributed by atoms with Gasteiger partial charge in [0, 0.05) is 54.7 Å². The Labute approximate surface area is 222 Å². The fourth-order valence-corrected chi connectivity index (χ4v) is 6.05. The topological polar surface area (TPSA) is 67.9 Å². The predicted molar refractivity (Wildman–Crippen MR) is 148 cm³/mol. The molecule has 8 nitrogen and oxygen atoms in total. The number of halogens is 1. The van der Waals surface area contributed by atoms with E-state index >= 15 is 4.39 Å². The maximum Gasteiger partial charge on any atom is 0.213 e. The second kappa shape index (κ2) is 8.92. The second-order valence-corrected chi connectivity index (χ2v) is 10.9. The molecular formula is C28H27FN6O2S. The van der Waals surface area contributed by atoms with Crippen LogP contribution in [0.1, 0.15) is 18.9 Å². The zero-order valence-corrected chi connectivity index (χ0v) is 22.0. The van der Waals surface area contributed by atoms with Crippen LogP contribution >= 0.6 is 11.3 Å². The van der Waals surface area contributed by atoms with Crippen molar-refractivity contribution in [2.75, 3.05) is 45.2 Å². The lowest BCUT2D eigenvalue weighted by Crippen LogP contribution is -2.44. The number of hydrogen-bond acceptors (Lipinski definition) is 7. The Kier molecular flexibility index (Phi) is 5.48. The molecule has 1 saturated carbocycles. The first-order valence-electron chi connectivity index (χ1n) is 12.8. The average molecular weight is 531 g/mol. The summed E-state index contributed by atoms with van der Waals surface area (Å²) < 4.78 is 24.6. The quantitative estimate of drug-likeness (QED) is 0.329. The number of piperazine rings is 1. The van der Waals surface area contributed by atoms with Gasteiger partial charge in [-0.3, -0.25) is 4.79 Å². The summed E-state index contributed by atoms with van der Waals surface area (Å²) in [6, 6.07) is 11.3. The number of likely N-dealkylation sites (N-methyl/N-ethyl adjacent to an activating group) is 1. The van der Waals surface area contributed by atoms with Crippen molar-refractivity contribution in [3.8, 4) is 28.4 Å². The molecule has 0 bridgehead atoms. The first-order valence-corrected chi connectivity index (χ1v) is 13.7. The zero-order valence-electron chi connectivity index (χ0n) is 21.2. The summed E-state index contributed by atoms with van der Waals surface area (Å²) in [6.07, 6.45) is 3.94. The molecule has 5 aromatic rings. The average Bonchev–Trinajstić information content (AvgIpc) is 3.57. The lowest BCUT2D eigenvalue weighted by molar-refractivity contribution is 0.312. The van der Waals surface area contributed by atoms with Crippen molar-refractivity contribution in [1.29, 1.82) is 0 Å². The largest absolute Gasteiger partial charge is 0.497 e. The Morgan fingerprint density at radius 3 is 2.55 bits per heavy atom. The Hall–Kier alpha value is -3.76. The van der Waals surface area contributed by atoms with Crippen LogP contribution in [0.15, 0.2) is 52.8 Å². The number of nitrogens with zero attached hydrogens (tertiary/aromatic N) is 6. The van der Waals surface area contributed by atoms with Crippen LogP contribution in [0, 0.1) is 5.82 Å². The van der Waals surface area contributed by atoms with Gasteiger partial charge in [0.1, 0.15) is 11.6 Å². The van der Waals surface area contributed by atoms with Crippen LogP contribution in [0.3, 0.4) is 0 Å². The summed E-state index contributed by atoms with van der Waals surface area (Å²) in [7, 11) is 3.72. The molecule has 1 aliphatic carbocycles. The molecule has 0 spiro atoms. The van der Waals surface area contributed by atoms with Crippen LogP contribution in [0.5, 0.6) is 5.75 Å². The molecule has 0 atom stereocenters. The highest BCUT2D eigenvalue weighted by Gasteiger charge is 2.28. The minimum atomic E-state index is -0.362. The molecule has 2 aliphatic rings. The minimum Gasteiger partial charge on any atom is -0.497 e. The van der Waals surface area contributed by atoms with E-state index in [9.17, 15) is 4.79 Å². The van der Waals surface area contributed by atoms with Crippen LogP contribution < -0.4 is 15.1 Å². The summed E-state index contributed by atoms with van der Waals surface area (Å²) in [5.41, 5.74) is 3.35. The van der Waals surface area contributed by atoms with Crippen LogP contribution in [0.2, 0.25) is 0 Å². The fourth-order valence-electron chi connectivity index (χ4n) is 5.22. The SMILES string of the molecule is COc1ccc(-c2csc3nc(-c4cn(C5CC5)c5cc(N6CCN(C)CC6)c(F)cc5c4=O)nn23)cc1. The third-order valence-corrected chi connectivity index (χ3v) is 8.41. The van der Waals surface area contributed by atoms with Gasteiger partial charge in [-0.1, -0.05) is 0 Å². The van der Waals surface area contributed by atoms with Gasteiger partial charge < -0.3 is 19.1 Å². The van der Waals surface area contributed by atoms with E-state index in [1.54, 1.807) is 11.6 Å². The Bertz CT molecular complexity index is 1730. The normalized spacial score (nSPS) is 16.6.